The van der Waals surface area contributed by atoms with Crippen LogP contribution in [0.15, 0.2) is 67.3 Å². The SMILES string of the molecule is C=CC[C@@H](c1cccc(Cl)c1)N(CCCN1CCOCC1)C(=O)Nc1ccccc1. The van der Waals surface area contributed by atoms with E-state index in [4.69, 9.17) is 16.3 Å². The normalized spacial score (nSPS) is 15.4. The Morgan fingerprint density at radius 2 is 1.97 bits per heavy atom. The van der Waals surface area contributed by atoms with Gasteiger partial charge in [0, 0.05) is 36.9 Å². The van der Waals surface area contributed by atoms with Gasteiger partial charge >= 0.3 is 6.03 Å². The van der Waals surface area contributed by atoms with Gasteiger partial charge in [-0.2, -0.15) is 0 Å². The Hall–Kier alpha value is -2.34. The molecular weight excluding hydrogens is 398 g/mol. The summed E-state index contributed by atoms with van der Waals surface area (Å²) in [6, 6.07) is 17.0. The number of carbonyl (C=O) groups excluding carboxylic acids is 1. The standard InChI is InChI=1S/C24H30ClN3O2/c1-2-8-23(20-9-6-10-21(25)19-20)28(14-7-13-27-15-17-30-18-16-27)24(29)26-22-11-4-3-5-12-22/h2-6,9-12,19,23H,1,7-8,13-18H2,(H,26,29)/t23-/m0/s1. The fraction of sp³-hybridized carbons (Fsp3) is 0.375. The van der Waals surface area contributed by atoms with Gasteiger partial charge in [-0.15, -0.1) is 6.58 Å². The van der Waals surface area contributed by atoms with Gasteiger partial charge in [0.1, 0.15) is 0 Å². The third-order valence-electron chi connectivity index (χ3n) is 5.26. The van der Waals surface area contributed by atoms with Gasteiger partial charge in [-0.05, 0) is 42.7 Å². The van der Waals surface area contributed by atoms with Crippen LogP contribution in [0.2, 0.25) is 5.02 Å². The number of rotatable bonds is 9. The second-order valence-electron chi connectivity index (χ2n) is 7.39. The van der Waals surface area contributed by atoms with Crippen LogP contribution in [0, 0.1) is 0 Å². The van der Waals surface area contributed by atoms with Gasteiger partial charge in [0.2, 0.25) is 0 Å². The highest BCUT2D eigenvalue weighted by atomic mass is 35.5. The van der Waals surface area contributed by atoms with E-state index in [2.05, 4.69) is 16.8 Å². The molecule has 6 heteroatoms. The van der Waals surface area contributed by atoms with Crippen LogP contribution in [0.5, 0.6) is 0 Å². The lowest BCUT2D eigenvalue weighted by molar-refractivity contribution is 0.0361. The molecule has 1 N–H and O–H groups in total. The molecule has 160 valence electrons. The molecule has 3 rings (SSSR count). The summed E-state index contributed by atoms with van der Waals surface area (Å²) in [4.78, 5) is 17.6. The van der Waals surface area contributed by atoms with Crippen molar-refractivity contribution < 1.29 is 9.53 Å². The van der Waals surface area contributed by atoms with E-state index in [1.54, 1.807) is 0 Å². The molecule has 1 aliphatic heterocycles. The molecule has 0 bridgehead atoms. The Bertz CT molecular complexity index is 809. The van der Waals surface area contributed by atoms with Crippen LogP contribution < -0.4 is 5.32 Å². The highest BCUT2D eigenvalue weighted by molar-refractivity contribution is 6.30. The number of halogens is 1. The van der Waals surface area contributed by atoms with Gasteiger partial charge in [-0.1, -0.05) is 48.0 Å². The van der Waals surface area contributed by atoms with Crippen molar-refractivity contribution in [1.29, 1.82) is 0 Å². The summed E-state index contributed by atoms with van der Waals surface area (Å²) in [6.45, 7) is 8.94. The molecule has 0 spiro atoms. The molecule has 0 saturated carbocycles. The maximum Gasteiger partial charge on any atom is 0.322 e. The predicted octanol–water partition coefficient (Wildman–Crippen LogP) is 5.21. The van der Waals surface area contributed by atoms with Crippen molar-refractivity contribution >= 4 is 23.3 Å². The van der Waals surface area contributed by atoms with Crippen molar-refractivity contribution in [2.45, 2.75) is 18.9 Å². The quantitative estimate of drug-likeness (QED) is 0.558. The van der Waals surface area contributed by atoms with Gasteiger partial charge in [-0.3, -0.25) is 4.90 Å². The zero-order valence-electron chi connectivity index (χ0n) is 17.3. The Morgan fingerprint density at radius 3 is 2.67 bits per heavy atom. The first-order valence-electron chi connectivity index (χ1n) is 10.5. The summed E-state index contributed by atoms with van der Waals surface area (Å²) in [5, 5.41) is 3.70. The van der Waals surface area contributed by atoms with Crippen molar-refractivity contribution in [2.24, 2.45) is 0 Å². The smallest absolute Gasteiger partial charge is 0.322 e. The lowest BCUT2D eigenvalue weighted by atomic mass is 10.0. The lowest BCUT2D eigenvalue weighted by Crippen LogP contribution is -2.41. The second kappa shape index (κ2) is 11.7. The van der Waals surface area contributed by atoms with Gasteiger partial charge in [-0.25, -0.2) is 4.79 Å². The maximum atomic E-state index is 13.3. The Balaban J connectivity index is 1.76. The molecule has 0 radical (unpaired) electrons. The number of hydrogen-bond acceptors (Lipinski definition) is 3. The zero-order valence-corrected chi connectivity index (χ0v) is 18.1. The summed E-state index contributed by atoms with van der Waals surface area (Å²) in [5.41, 5.74) is 1.79. The Kier molecular flexibility index (Phi) is 8.75. The topological polar surface area (TPSA) is 44.8 Å². The first-order valence-corrected chi connectivity index (χ1v) is 10.8. The van der Waals surface area contributed by atoms with E-state index in [-0.39, 0.29) is 12.1 Å². The first-order chi connectivity index (χ1) is 14.7. The number of carbonyl (C=O) groups is 1. The molecule has 1 saturated heterocycles. The van der Waals surface area contributed by atoms with Crippen LogP contribution in [-0.2, 0) is 4.74 Å². The molecule has 1 heterocycles. The molecular formula is C24H30ClN3O2. The van der Waals surface area contributed by atoms with Gasteiger partial charge in [0.25, 0.3) is 0 Å². The summed E-state index contributed by atoms with van der Waals surface area (Å²) in [5.74, 6) is 0. The molecule has 1 fully saturated rings. The van der Waals surface area contributed by atoms with Gasteiger partial charge in [0.15, 0.2) is 0 Å². The van der Waals surface area contributed by atoms with E-state index in [9.17, 15) is 4.79 Å². The summed E-state index contributed by atoms with van der Waals surface area (Å²) < 4.78 is 5.43. The van der Waals surface area contributed by atoms with Crippen molar-refractivity contribution in [3.63, 3.8) is 0 Å². The fourth-order valence-corrected chi connectivity index (χ4v) is 3.92. The number of ether oxygens (including phenoxy) is 1. The minimum Gasteiger partial charge on any atom is -0.379 e. The average Bonchev–Trinajstić information content (AvgIpc) is 2.77. The molecule has 0 aliphatic carbocycles. The minimum atomic E-state index is -0.130. The second-order valence-corrected chi connectivity index (χ2v) is 7.83. The van der Waals surface area contributed by atoms with Crippen LogP contribution in [-0.4, -0.2) is 55.2 Å². The van der Waals surface area contributed by atoms with Crippen LogP contribution in [0.25, 0.3) is 0 Å². The van der Waals surface area contributed by atoms with Crippen LogP contribution in [0.3, 0.4) is 0 Å². The lowest BCUT2D eigenvalue weighted by Gasteiger charge is -2.33. The summed E-state index contributed by atoms with van der Waals surface area (Å²) in [7, 11) is 0. The minimum absolute atomic E-state index is 0.116. The average molecular weight is 428 g/mol. The van der Waals surface area contributed by atoms with E-state index in [1.165, 1.54) is 0 Å². The Morgan fingerprint density at radius 1 is 1.20 bits per heavy atom. The van der Waals surface area contributed by atoms with Gasteiger partial charge < -0.3 is 15.0 Å². The number of amides is 2. The molecule has 0 unspecified atom stereocenters. The molecule has 30 heavy (non-hydrogen) atoms. The number of hydrogen-bond donors (Lipinski definition) is 1. The fourth-order valence-electron chi connectivity index (χ4n) is 3.72. The summed E-state index contributed by atoms with van der Waals surface area (Å²) >= 11 is 6.25. The van der Waals surface area contributed by atoms with E-state index < -0.39 is 0 Å². The van der Waals surface area contributed by atoms with E-state index in [0.717, 1.165) is 50.5 Å². The third kappa shape index (κ3) is 6.59. The molecule has 1 aliphatic rings. The number of benzene rings is 2. The van der Waals surface area contributed by atoms with Crippen molar-refractivity contribution in [1.82, 2.24) is 9.80 Å². The monoisotopic (exact) mass is 427 g/mol. The van der Waals surface area contributed by atoms with Crippen LogP contribution in [0.4, 0.5) is 10.5 Å². The molecule has 2 amide bonds. The number of nitrogens with one attached hydrogen (secondary N) is 1. The largest absolute Gasteiger partial charge is 0.379 e. The Labute approximate surface area is 184 Å². The first kappa shape index (κ1) is 22.3. The number of para-hydroxylation sites is 1. The van der Waals surface area contributed by atoms with Crippen LogP contribution >= 0.6 is 11.6 Å². The molecule has 1 atom stereocenters. The van der Waals surface area contributed by atoms with Crippen LogP contribution in [0.1, 0.15) is 24.4 Å². The molecule has 0 aromatic heterocycles. The van der Waals surface area contributed by atoms with Crippen molar-refractivity contribution in [3.05, 3.63) is 77.8 Å². The number of morpholine rings is 1. The van der Waals surface area contributed by atoms with Crippen molar-refractivity contribution in [2.75, 3.05) is 44.7 Å². The zero-order chi connectivity index (χ0) is 21.2. The van der Waals surface area contributed by atoms with Gasteiger partial charge in [0.05, 0.1) is 19.3 Å². The molecule has 2 aromatic rings. The van der Waals surface area contributed by atoms with Crippen molar-refractivity contribution in [3.8, 4) is 0 Å². The highest BCUT2D eigenvalue weighted by Gasteiger charge is 2.25. The third-order valence-corrected chi connectivity index (χ3v) is 5.50. The number of urea groups is 1. The van der Waals surface area contributed by atoms with E-state index in [1.807, 2.05) is 65.6 Å². The molecule has 2 aromatic carbocycles. The van der Waals surface area contributed by atoms with E-state index in [0.29, 0.717) is 18.0 Å². The molecule has 5 nitrogen and oxygen atoms in total. The highest BCUT2D eigenvalue weighted by Crippen LogP contribution is 2.28. The number of nitrogens with zero attached hydrogens (tertiary/aromatic N) is 2. The number of anilines is 1. The summed E-state index contributed by atoms with van der Waals surface area (Å²) in [6.07, 6.45) is 3.40. The van der Waals surface area contributed by atoms with E-state index >= 15 is 0 Å². The predicted molar refractivity (Wildman–Crippen MR) is 123 cm³/mol. The maximum absolute atomic E-state index is 13.3.